The third-order valence-electron chi connectivity index (χ3n) is 6.73. The Morgan fingerprint density at radius 3 is 2.38 bits per heavy atom. The van der Waals surface area contributed by atoms with Crippen molar-refractivity contribution in [3.05, 3.63) is 45.4 Å². The predicted molar refractivity (Wildman–Crippen MR) is 152 cm³/mol. The molecule has 3 N–H and O–H groups in total. The van der Waals surface area contributed by atoms with Gasteiger partial charge >= 0.3 is 6.18 Å². The molecule has 1 aliphatic heterocycles. The van der Waals surface area contributed by atoms with Crippen LogP contribution in [0.2, 0.25) is 10.0 Å². The summed E-state index contributed by atoms with van der Waals surface area (Å²) in [6, 6.07) is 5.96. The van der Waals surface area contributed by atoms with E-state index in [4.69, 9.17) is 23.2 Å². The van der Waals surface area contributed by atoms with Crippen molar-refractivity contribution in [3.63, 3.8) is 0 Å². The number of carbonyl (C=O) groups excluding carboxylic acids is 2. The molecule has 0 aliphatic carbocycles. The average Bonchev–Trinajstić information content (AvgIpc) is 3.40. The summed E-state index contributed by atoms with van der Waals surface area (Å²) >= 11 is 13.1. The Hall–Kier alpha value is -3.32. The summed E-state index contributed by atoms with van der Waals surface area (Å²) in [6.45, 7) is 3.08. The van der Waals surface area contributed by atoms with Gasteiger partial charge in [0.25, 0.3) is 11.8 Å². The fourth-order valence-corrected chi connectivity index (χ4v) is 4.93. The third kappa shape index (κ3) is 7.00. The van der Waals surface area contributed by atoms with Gasteiger partial charge < -0.3 is 25.4 Å². The zero-order chi connectivity index (χ0) is 31.2. The lowest BCUT2D eigenvalue weighted by molar-refractivity contribution is -0.128. The number of aromatic nitrogens is 2. The van der Waals surface area contributed by atoms with E-state index in [1.54, 1.807) is 49.8 Å². The number of amides is 2. The van der Waals surface area contributed by atoms with Crippen LogP contribution in [-0.4, -0.2) is 53.1 Å². The Labute approximate surface area is 248 Å². The number of aryl methyl sites for hydroxylation is 1. The highest BCUT2D eigenvalue weighted by atomic mass is 35.5. The fourth-order valence-electron chi connectivity index (χ4n) is 4.40. The Morgan fingerprint density at radius 1 is 1.10 bits per heavy atom. The summed E-state index contributed by atoms with van der Waals surface area (Å²) in [7, 11) is 1.62. The number of carbonyl (C=O) groups is 2. The van der Waals surface area contributed by atoms with E-state index in [1.807, 2.05) is 0 Å². The van der Waals surface area contributed by atoms with Crippen LogP contribution in [0.15, 0.2) is 24.3 Å². The van der Waals surface area contributed by atoms with E-state index < -0.39 is 42.9 Å². The van der Waals surface area contributed by atoms with Crippen molar-refractivity contribution in [1.29, 1.82) is 0 Å². The van der Waals surface area contributed by atoms with Crippen LogP contribution < -0.4 is 20.9 Å². The topological polar surface area (TPSA) is 91.3 Å². The van der Waals surface area contributed by atoms with E-state index in [9.17, 15) is 31.5 Å². The van der Waals surface area contributed by atoms with Gasteiger partial charge in [-0.25, -0.2) is 13.8 Å². The van der Waals surface area contributed by atoms with E-state index >= 15 is 0 Å². The second-order valence-corrected chi connectivity index (χ2v) is 11.9. The van der Waals surface area contributed by atoms with Crippen molar-refractivity contribution < 1.29 is 31.5 Å². The van der Waals surface area contributed by atoms with Crippen LogP contribution in [0.25, 0.3) is 11.0 Å². The van der Waals surface area contributed by atoms with Crippen molar-refractivity contribution in [1.82, 2.24) is 20.2 Å². The molecule has 15 heteroatoms. The lowest BCUT2D eigenvalue weighted by atomic mass is 9.95. The van der Waals surface area contributed by atoms with Crippen molar-refractivity contribution >= 4 is 63.4 Å². The maximum atomic E-state index is 14.1. The molecule has 0 bridgehead atoms. The lowest BCUT2D eigenvalue weighted by Gasteiger charge is -2.22. The number of hydrogen-bond acceptors (Lipinski definition) is 5. The second kappa shape index (κ2) is 11.4. The molecule has 2 amide bonds. The minimum Gasteiger partial charge on any atom is -0.365 e. The van der Waals surface area contributed by atoms with E-state index in [0.29, 0.717) is 11.1 Å². The third-order valence-corrected chi connectivity index (χ3v) is 7.48. The van der Waals surface area contributed by atoms with E-state index in [1.165, 1.54) is 17.0 Å². The maximum Gasteiger partial charge on any atom is 0.405 e. The minimum absolute atomic E-state index is 0.0570. The van der Waals surface area contributed by atoms with E-state index in [0.717, 1.165) is 0 Å². The first-order chi connectivity index (χ1) is 19.4. The molecular formula is C27H29Cl2F5N6O2. The lowest BCUT2D eigenvalue weighted by Crippen LogP contribution is -2.35. The predicted octanol–water partition coefficient (Wildman–Crippen LogP) is 6.42. The van der Waals surface area contributed by atoms with E-state index in [-0.39, 0.29) is 57.4 Å². The number of alkyl halides is 5. The molecule has 8 nitrogen and oxygen atoms in total. The molecule has 1 fully saturated rings. The first-order valence-corrected chi connectivity index (χ1v) is 13.6. The molecule has 228 valence electrons. The number of rotatable bonds is 7. The second-order valence-electron chi connectivity index (χ2n) is 11.1. The molecule has 3 aromatic rings. The van der Waals surface area contributed by atoms with Crippen LogP contribution in [0, 0.1) is 5.41 Å². The van der Waals surface area contributed by atoms with Gasteiger partial charge in [0.05, 0.1) is 44.6 Å². The molecule has 4 rings (SSSR count). The molecule has 1 aliphatic rings. The van der Waals surface area contributed by atoms with Gasteiger partial charge in [-0.1, -0.05) is 50.0 Å². The monoisotopic (exact) mass is 634 g/mol. The number of benzene rings is 2. The number of nitrogens with one attached hydrogen (secondary N) is 3. The van der Waals surface area contributed by atoms with E-state index in [2.05, 4.69) is 15.6 Å². The SMILES string of the molecule is Cn1c(Nc2c(Cl)ccc(CNC(=O)C(C)(C)C)c2Cl)nc2cc(C(=O)NCC(F)(F)F)c(N3CCC(F)(F)C3)cc21. The van der Waals surface area contributed by atoms with Gasteiger partial charge in [0.1, 0.15) is 6.54 Å². The van der Waals surface area contributed by atoms with Crippen LogP contribution in [0.5, 0.6) is 0 Å². The highest BCUT2D eigenvalue weighted by Gasteiger charge is 2.40. The van der Waals surface area contributed by atoms with Crippen LogP contribution >= 0.6 is 23.2 Å². The van der Waals surface area contributed by atoms with Crippen molar-refractivity contribution in [3.8, 4) is 0 Å². The number of hydrogen-bond donors (Lipinski definition) is 3. The fraction of sp³-hybridized carbons (Fsp3) is 0.444. The summed E-state index contributed by atoms with van der Waals surface area (Å²) < 4.78 is 68.1. The molecule has 0 unspecified atom stereocenters. The summed E-state index contributed by atoms with van der Waals surface area (Å²) in [5.41, 5.74) is 0.703. The molecule has 0 radical (unpaired) electrons. The number of nitrogens with zero attached hydrogens (tertiary/aromatic N) is 3. The molecular weight excluding hydrogens is 606 g/mol. The summed E-state index contributed by atoms with van der Waals surface area (Å²) in [5, 5.41) is 8.13. The molecule has 2 heterocycles. The Morgan fingerprint density at radius 2 is 1.79 bits per heavy atom. The number of anilines is 3. The Bertz CT molecular complexity index is 1530. The van der Waals surface area contributed by atoms with Gasteiger partial charge in [-0.2, -0.15) is 13.2 Å². The number of imidazole rings is 1. The first kappa shape index (κ1) is 31.6. The maximum absolute atomic E-state index is 14.1. The zero-order valence-electron chi connectivity index (χ0n) is 23.1. The van der Waals surface area contributed by atoms with Gasteiger partial charge in [-0.05, 0) is 23.8 Å². The van der Waals surface area contributed by atoms with Crippen LogP contribution in [-0.2, 0) is 18.4 Å². The Balaban J connectivity index is 1.71. The van der Waals surface area contributed by atoms with Crippen LogP contribution in [0.4, 0.5) is 39.3 Å². The molecule has 0 atom stereocenters. The quantitative estimate of drug-likeness (QED) is 0.261. The van der Waals surface area contributed by atoms with Gasteiger partial charge in [-0.3, -0.25) is 9.59 Å². The standard InChI is InChI=1S/C27H29Cl2F5N6O2/c1-25(2,3)23(42)35-11-14-5-6-16(28)21(20(14)29)38-24-37-17-9-15(22(41)36-12-27(32,33)34)18(10-19(17)39(24)4)40-8-7-26(30,31)13-40/h5-6,9-10H,7-8,11-13H2,1-4H3,(H,35,42)(H,36,41)(H,37,38). The van der Waals surface area contributed by atoms with Crippen LogP contribution in [0.1, 0.15) is 43.1 Å². The molecule has 0 saturated carbocycles. The molecule has 2 aromatic carbocycles. The number of fused-ring (bicyclic) bond motifs is 1. The van der Waals surface area contributed by atoms with Crippen LogP contribution in [0.3, 0.4) is 0 Å². The smallest absolute Gasteiger partial charge is 0.365 e. The zero-order valence-corrected chi connectivity index (χ0v) is 24.7. The van der Waals surface area contributed by atoms with Crippen molar-refractivity contribution in [2.45, 2.75) is 45.8 Å². The van der Waals surface area contributed by atoms with Gasteiger partial charge in [0.2, 0.25) is 11.9 Å². The molecule has 1 saturated heterocycles. The highest BCUT2D eigenvalue weighted by Crippen LogP contribution is 2.38. The number of halogens is 7. The minimum atomic E-state index is -4.66. The molecule has 0 spiro atoms. The highest BCUT2D eigenvalue weighted by molar-refractivity contribution is 6.39. The summed E-state index contributed by atoms with van der Waals surface area (Å²) in [5.74, 6) is -4.07. The molecule has 1 aromatic heterocycles. The van der Waals surface area contributed by atoms with Crippen molar-refractivity contribution in [2.24, 2.45) is 12.5 Å². The molecule has 42 heavy (non-hydrogen) atoms. The van der Waals surface area contributed by atoms with Gasteiger partial charge in [0.15, 0.2) is 0 Å². The Kier molecular flexibility index (Phi) is 8.58. The largest absolute Gasteiger partial charge is 0.405 e. The summed E-state index contributed by atoms with van der Waals surface area (Å²) in [4.78, 5) is 30.9. The van der Waals surface area contributed by atoms with Gasteiger partial charge in [0, 0.05) is 32.0 Å². The average molecular weight is 635 g/mol. The first-order valence-electron chi connectivity index (χ1n) is 12.9. The summed E-state index contributed by atoms with van der Waals surface area (Å²) in [6.07, 6.45) is -5.12. The van der Waals surface area contributed by atoms with Gasteiger partial charge in [-0.15, -0.1) is 0 Å². The van der Waals surface area contributed by atoms with Crippen molar-refractivity contribution in [2.75, 3.05) is 29.9 Å². The normalized spacial score (nSPS) is 15.3.